The Balaban J connectivity index is 2.97. The van der Waals surface area contributed by atoms with E-state index in [2.05, 4.69) is 4.72 Å². The second-order valence-electron chi connectivity index (χ2n) is 3.98. The van der Waals surface area contributed by atoms with Gasteiger partial charge in [-0.15, -0.1) is 0 Å². The summed E-state index contributed by atoms with van der Waals surface area (Å²) >= 11 is 0. The highest BCUT2D eigenvalue weighted by Gasteiger charge is 2.17. The van der Waals surface area contributed by atoms with E-state index in [-0.39, 0.29) is 17.0 Å². The first kappa shape index (κ1) is 16.3. The molecule has 1 rings (SSSR count). The van der Waals surface area contributed by atoms with Crippen LogP contribution in [0.2, 0.25) is 0 Å². The minimum Gasteiger partial charge on any atom is -0.497 e. The number of carboxylic acid groups (broad SMARTS) is 1. The standard InChI is InChI=1S/C12H17NO6S/c1-18-6-3-7-20(16,17)13-11-8-9(19-2)4-5-10(11)12(14)15/h4-5,8,13H,3,6-7H2,1-2H3,(H,14,15). The van der Waals surface area contributed by atoms with Gasteiger partial charge in [0, 0.05) is 19.8 Å². The molecule has 0 heterocycles. The van der Waals surface area contributed by atoms with Crippen molar-refractivity contribution >= 4 is 21.7 Å². The molecule has 2 N–H and O–H groups in total. The SMILES string of the molecule is COCCCS(=O)(=O)Nc1cc(OC)ccc1C(=O)O. The number of ether oxygens (including phenoxy) is 2. The van der Waals surface area contributed by atoms with Gasteiger partial charge in [0.1, 0.15) is 5.75 Å². The molecular weight excluding hydrogens is 286 g/mol. The molecule has 0 unspecified atom stereocenters. The number of carboxylic acids is 1. The van der Waals surface area contributed by atoms with Crippen LogP contribution < -0.4 is 9.46 Å². The highest BCUT2D eigenvalue weighted by Crippen LogP contribution is 2.23. The molecule has 0 saturated carbocycles. The first-order valence-electron chi connectivity index (χ1n) is 5.80. The normalized spacial score (nSPS) is 11.1. The lowest BCUT2D eigenvalue weighted by Gasteiger charge is -2.11. The average molecular weight is 303 g/mol. The Morgan fingerprint density at radius 3 is 2.60 bits per heavy atom. The van der Waals surface area contributed by atoms with E-state index in [9.17, 15) is 13.2 Å². The van der Waals surface area contributed by atoms with Gasteiger partial charge in [0.05, 0.1) is 24.1 Å². The van der Waals surface area contributed by atoms with Gasteiger partial charge >= 0.3 is 5.97 Å². The molecule has 0 spiro atoms. The Hall–Kier alpha value is -1.80. The Kier molecular flexibility index (Phi) is 5.78. The van der Waals surface area contributed by atoms with Crippen molar-refractivity contribution in [3.63, 3.8) is 0 Å². The van der Waals surface area contributed by atoms with Crippen molar-refractivity contribution in [2.75, 3.05) is 31.3 Å². The first-order chi connectivity index (χ1) is 9.39. The average Bonchev–Trinajstić information content (AvgIpc) is 2.37. The number of anilines is 1. The van der Waals surface area contributed by atoms with Crippen molar-refractivity contribution < 1.29 is 27.8 Å². The molecule has 7 nitrogen and oxygen atoms in total. The van der Waals surface area contributed by atoms with Crippen molar-refractivity contribution in [2.45, 2.75) is 6.42 Å². The van der Waals surface area contributed by atoms with Crippen molar-refractivity contribution in [2.24, 2.45) is 0 Å². The quantitative estimate of drug-likeness (QED) is 0.699. The second kappa shape index (κ2) is 7.11. The van der Waals surface area contributed by atoms with Gasteiger partial charge in [-0.2, -0.15) is 0 Å². The van der Waals surface area contributed by atoms with E-state index < -0.39 is 16.0 Å². The van der Waals surface area contributed by atoms with Gasteiger partial charge in [0.25, 0.3) is 0 Å². The maximum absolute atomic E-state index is 11.8. The third kappa shape index (κ3) is 4.71. The van der Waals surface area contributed by atoms with Crippen LogP contribution in [0.4, 0.5) is 5.69 Å². The molecule has 0 amide bonds. The maximum Gasteiger partial charge on any atom is 0.337 e. The number of aromatic carboxylic acids is 1. The van der Waals surface area contributed by atoms with Gasteiger partial charge in [-0.1, -0.05) is 0 Å². The van der Waals surface area contributed by atoms with Crippen LogP contribution in [0.25, 0.3) is 0 Å². The number of methoxy groups -OCH3 is 2. The van der Waals surface area contributed by atoms with Gasteiger partial charge in [0.15, 0.2) is 0 Å². The fourth-order valence-corrected chi connectivity index (χ4v) is 2.64. The molecule has 20 heavy (non-hydrogen) atoms. The van der Waals surface area contributed by atoms with E-state index in [1.54, 1.807) is 0 Å². The Bertz CT molecular complexity index is 569. The van der Waals surface area contributed by atoms with E-state index in [4.69, 9.17) is 14.6 Å². The lowest BCUT2D eigenvalue weighted by Crippen LogP contribution is -2.19. The maximum atomic E-state index is 11.8. The van der Waals surface area contributed by atoms with Crippen LogP contribution in [0, 0.1) is 0 Å². The predicted octanol–water partition coefficient (Wildman–Crippen LogP) is 1.17. The molecule has 1 aromatic carbocycles. The zero-order chi connectivity index (χ0) is 15.2. The van der Waals surface area contributed by atoms with Gasteiger partial charge < -0.3 is 14.6 Å². The molecule has 0 bridgehead atoms. The number of nitrogens with one attached hydrogen (secondary N) is 1. The van der Waals surface area contributed by atoms with E-state index in [0.29, 0.717) is 18.8 Å². The highest BCUT2D eigenvalue weighted by molar-refractivity contribution is 7.92. The van der Waals surface area contributed by atoms with Crippen molar-refractivity contribution in [1.82, 2.24) is 0 Å². The number of carbonyl (C=O) groups is 1. The Morgan fingerprint density at radius 1 is 1.35 bits per heavy atom. The fourth-order valence-electron chi connectivity index (χ4n) is 1.53. The molecule has 0 atom stereocenters. The van der Waals surface area contributed by atoms with Crippen LogP contribution in [0.1, 0.15) is 16.8 Å². The third-order valence-corrected chi connectivity index (χ3v) is 3.84. The Morgan fingerprint density at radius 2 is 2.05 bits per heavy atom. The molecule has 0 aliphatic carbocycles. The number of hydrogen-bond donors (Lipinski definition) is 2. The zero-order valence-corrected chi connectivity index (χ0v) is 12.1. The summed E-state index contributed by atoms with van der Waals surface area (Å²) in [6.07, 6.45) is 0.318. The van der Waals surface area contributed by atoms with Crippen molar-refractivity contribution in [1.29, 1.82) is 0 Å². The van der Waals surface area contributed by atoms with E-state index >= 15 is 0 Å². The summed E-state index contributed by atoms with van der Waals surface area (Å²) < 4.78 is 35.7. The molecule has 0 aromatic heterocycles. The van der Waals surface area contributed by atoms with Crippen LogP contribution in [-0.4, -0.2) is 46.1 Å². The van der Waals surface area contributed by atoms with Crippen molar-refractivity contribution in [3.05, 3.63) is 23.8 Å². The smallest absolute Gasteiger partial charge is 0.337 e. The third-order valence-electron chi connectivity index (χ3n) is 2.48. The summed E-state index contributed by atoms with van der Waals surface area (Å²) in [5.41, 5.74) is -0.157. The fraction of sp³-hybridized carbons (Fsp3) is 0.417. The molecule has 0 aliphatic heterocycles. The largest absolute Gasteiger partial charge is 0.497 e. The van der Waals surface area contributed by atoms with Crippen LogP contribution in [0.5, 0.6) is 5.75 Å². The minimum atomic E-state index is -3.64. The minimum absolute atomic E-state index is 0.0192. The molecule has 0 saturated heterocycles. The second-order valence-corrected chi connectivity index (χ2v) is 5.83. The molecule has 0 aliphatic rings. The van der Waals surface area contributed by atoms with Crippen LogP contribution in [-0.2, 0) is 14.8 Å². The monoisotopic (exact) mass is 303 g/mol. The van der Waals surface area contributed by atoms with Gasteiger partial charge in [0.2, 0.25) is 10.0 Å². The van der Waals surface area contributed by atoms with Crippen LogP contribution in [0.3, 0.4) is 0 Å². The van der Waals surface area contributed by atoms with Crippen LogP contribution >= 0.6 is 0 Å². The molecule has 0 radical (unpaired) electrons. The zero-order valence-electron chi connectivity index (χ0n) is 11.3. The highest BCUT2D eigenvalue weighted by atomic mass is 32.2. The topological polar surface area (TPSA) is 102 Å². The lowest BCUT2D eigenvalue weighted by atomic mass is 10.2. The molecule has 112 valence electrons. The summed E-state index contributed by atoms with van der Waals surface area (Å²) in [4.78, 5) is 11.1. The Labute approximate surface area is 117 Å². The number of rotatable bonds is 8. The summed E-state index contributed by atoms with van der Waals surface area (Å²) in [6.45, 7) is 0.310. The van der Waals surface area contributed by atoms with Gasteiger partial charge in [-0.3, -0.25) is 4.72 Å². The molecule has 1 aromatic rings. The van der Waals surface area contributed by atoms with E-state index in [1.807, 2.05) is 0 Å². The van der Waals surface area contributed by atoms with Crippen molar-refractivity contribution in [3.8, 4) is 5.75 Å². The molecular formula is C12H17NO6S. The van der Waals surface area contributed by atoms with Crippen LogP contribution in [0.15, 0.2) is 18.2 Å². The summed E-state index contributed by atoms with van der Waals surface area (Å²) in [5, 5.41) is 9.04. The van der Waals surface area contributed by atoms with E-state index in [1.165, 1.54) is 32.4 Å². The number of benzene rings is 1. The first-order valence-corrected chi connectivity index (χ1v) is 7.45. The number of hydrogen-bond acceptors (Lipinski definition) is 5. The number of sulfonamides is 1. The van der Waals surface area contributed by atoms with E-state index in [0.717, 1.165) is 0 Å². The predicted molar refractivity (Wildman–Crippen MR) is 73.9 cm³/mol. The summed E-state index contributed by atoms with van der Waals surface area (Å²) in [6, 6.07) is 4.07. The molecule has 0 fully saturated rings. The summed E-state index contributed by atoms with van der Waals surface area (Å²) in [5.74, 6) is -1.01. The lowest BCUT2D eigenvalue weighted by molar-refractivity contribution is 0.0698. The van der Waals surface area contributed by atoms with Gasteiger partial charge in [-0.05, 0) is 18.6 Å². The summed E-state index contributed by atoms with van der Waals surface area (Å²) in [7, 11) is -0.751. The van der Waals surface area contributed by atoms with Gasteiger partial charge in [-0.25, -0.2) is 13.2 Å². The molecule has 8 heteroatoms.